The molecule has 0 bridgehead atoms. The Morgan fingerprint density at radius 2 is 1.15 bits per heavy atom. The van der Waals surface area contributed by atoms with Crippen LogP contribution in [0.15, 0.2) is 48.5 Å². The Hall–Kier alpha value is -4.74. The number of aromatic nitrogens is 2. The number of rotatable bonds is 31. The first-order valence-corrected chi connectivity index (χ1v) is 23.8. The predicted octanol–water partition coefficient (Wildman–Crippen LogP) is 6.42. The molecule has 3 amide bonds. The molecule has 1 heterocycles. The van der Waals surface area contributed by atoms with Crippen molar-refractivity contribution in [3.63, 3.8) is 0 Å². The maximum atomic E-state index is 13.2. The molecule has 66 heavy (non-hydrogen) atoms. The minimum Gasteiger partial charge on any atom is -0.484 e. The van der Waals surface area contributed by atoms with Crippen molar-refractivity contribution in [3.05, 3.63) is 70.5 Å². The smallest absolute Gasteiger partial charge is 0.274 e. The minimum atomic E-state index is -0.382. The molecule has 1 fully saturated rings. The highest BCUT2D eigenvalue weighted by molar-refractivity contribution is 6.31. The van der Waals surface area contributed by atoms with Crippen LogP contribution in [0.3, 0.4) is 0 Å². The Balaban J connectivity index is 1.29. The van der Waals surface area contributed by atoms with E-state index in [2.05, 4.69) is 39.6 Å². The lowest BCUT2D eigenvalue weighted by molar-refractivity contribution is -0.135. The number of halogens is 1. The van der Waals surface area contributed by atoms with E-state index in [-0.39, 0.29) is 59.5 Å². The summed E-state index contributed by atoms with van der Waals surface area (Å²) >= 11 is 6.07. The van der Waals surface area contributed by atoms with E-state index in [0.29, 0.717) is 75.9 Å². The first-order chi connectivity index (χ1) is 32.0. The molecule has 1 saturated carbocycles. The first-order valence-electron chi connectivity index (χ1n) is 23.4. The molecule has 4 rings (SSSR count). The number of nitrogen functional groups attached to an aromatic ring is 2. The number of hydrogen-bond acceptors (Lipinski definition) is 13. The summed E-state index contributed by atoms with van der Waals surface area (Å²) in [5, 5.41) is 3.10. The topological polar surface area (TPSA) is 203 Å². The number of benzene rings is 2. The fourth-order valence-electron chi connectivity index (χ4n) is 8.41. The normalized spacial score (nSPS) is 15.4. The van der Waals surface area contributed by atoms with Crippen LogP contribution in [0.25, 0.3) is 0 Å². The van der Waals surface area contributed by atoms with Crippen molar-refractivity contribution in [1.82, 2.24) is 25.1 Å². The van der Waals surface area contributed by atoms with E-state index in [1.807, 2.05) is 24.3 Å². The number of methoxy groups -OCH3 is 4. The van der Waals surface area contributed by atoms with E-state index < -0.39 is 0 Å². The Morgan fingerprint density at radius 1 is 0.652 bits per heavy atom. The number of amides is 3. The molecule has 366 valence electrons. The summed E-state index contributed by atoms with van der Waals surface area (Å²) < 4.78 is 32.3. The molecule has 5 N–H and O–H groups in total. The molecule has 2 unspecified atom stereocenters. The van der Waals surface area contributed by atoms with Crippen molar-refractivity contribution in [2.45, 2.75) is 89.5 Å². The highest BCUT2D eigenvalue weighted by atomic mass is 35.5. The molecule has 0 radical (unpaired) electrons. The van der Waals surface area contributed by atoms with E-state index in [4.69, 9.17) is 51.5 Å². The fourth-order valence-corrected chi connectivity index (χ4v) is 8.54. The van der Waals surface area contributed by atoms with E-state index in [1.165, 1.54) is 11.1 Å². The van der Waals surface area contributed by atoms with Gasteiger partial charge in [-0.15, -0.1) is 0 Å². The number of carbonyl (C=O) groups is 3. The number of ether oxygens (including phenoxy) is 6. The van der Waals surface area contributed by atoms with Gasteiger partial charge in [0.1, 0.15) is 11.5 Å². The molecule has 3 atom stereocenters. The predicted molar refractivity (Wildman–Crippen MR) is 257 cm³/mol. The average molecular weight is 941 g/mol. The quantitative estimate of drug-likeness (QED) is 0.0472. The molecule has 16 nitrogen and oxygen atoms in total. The van der Waals surface area contributed by atoms with Crippen LogP contribution in [-0.2, 0) is 41.4 Å². The first kappa shape index (κ1) is 53.9. The second kappa shape index (κ2) is 30.5. The molecule has 1 aliphatic carbocycles. The van der Waals surface area contributed by atoms with Crippen molar-refractivity contribution in [3.8, 4) is 11.5 Å². The summed E-state index contributed by atoms with van der Waals surface area (Å²) in [4.78, 5) is 50.2. The van der Waals surface area contributed by atoms with Crippen molar-refractivity contribution in [1.29, 1.82) is 0 Å². The number of nitrogens with one attached hydrogen (secondary N) is 1. The second-order valence-corrected chi connectivity index (χ2v) is 17.3. The van der Waals surface area contributed by atoms with Crippen molar-refractivity contribution < 1.29 is 42.8 Å². The molecular weight excluding hydrogens is 866 g/mol. The van der Waals surface area contributed by atoms with Gasteiger partial charge < -0.3 is 55.0 Å². The van der Waals surface area contributed by atoms with Crippen LogP contribution >= 0.6 is 11.6 Å². The van der Waals surface area contributed by atoms with Crippen molar-refractivity contribution in [2.24, 2.45) is 11.8 Å². The Kier molecular flexibility index (Phi) is 24.9. The number of unbranched alkanes of at least 4 members (excludes halogenated alkanes) is 2. The number of hydrogen-bond donors (Lipinski definition) is 3. The van der Waals surface area contributed by atoms with Gasteiger partial charge >= 0.3 is 0 Å². The van der Waals surface area contributed by atoms with Crippen LogP contribution in [0, 0.1) is 11.8 Å². The lowest BCUT2D eigenvalue weighted by atomic mass is 9.79. The molecule has 2 aromatic carbocycles. The van der Waals surface area contributed by atoms with Crippen LogP contribution in [0.5, 0.6) is 11.5 Å². The average Bonchev–Trinajstić information content (AvgIpc) is 3.56. The zero-order valence-corrected chi connectivity index (χ0v) is 40.4. The van der Waals surface area contributed by atoms with Crippen LogP contribution < -0.4 is 26.3 Å². The van der Waals surface area contributed by atoms with Gasteiger partial charge in [-0.3, -0.25) is 14.4 Å². The van der Waals surface area contributed by atoms with Crippen LogP contribution in [0.2, 0.25) is 5.15 Å². The lowest BCUT2D eigenvalue weighted by Crippen LogP contribution is -2.39. The Labute approximate surface area is 396 Å². The number of nitrogens with zero attached hydrogens (tertiary/aromatic N) is 4. The van der Waals surface area contributed by atoms with E-state index >= 15 is 0 Å². The minimum absolute atomic E-state index is 0.000787. The van der Waals surface area contributed by atoms with Gasteiger partial charge in [-0.25, -0.2) is 9.97 Å². The highest BCUT2D eigenvalue weighted by Crippen LogP contribution is 2.35. The standard InChI is InChI=1S/C49H74ClN7O9/c1-61-30-26-56(27-31-62-2)43(58)34-65-41-22-16-36(17-23-41)10-6-5-7-12-38(39-14-9-15-40(21-20-39)53-49(60)45-47(51)55-48(52)46(50)54-45)13-8-11-37-18-24-42(25-19-37)66-35-44(59)57(28-32-63-3)29-33-64-4/h16-19,22-25,38-40H,5-15,20-21,26-35H2,1-4H3,(H,53,60)(H4,51,52,55)/t38?,39?,40-/m0/s1. The lowest BCUT2D eigenvalue weighted by Gasteiger charge is -2.27. The molecule has 17 heteroatoms. The monoisotopic (exact) mass is 940 g/mol. The second-order valence-electron chi connectivity index (χ2n) is 16.9. The highest BCUT2D eigenvalue weighted by Gasteiger charge is 2.27. The number of carbonyl (C=O) groups excluding carboxylic acids is 3. The van der Waals surface area contributed by atoms with Gasteiger partial charge in [0, 0.05) is 60.7 Å². The molecule has 0 saturated heterocycles. The largest absolute Gasteiger partial charge is 0.484 e. The van der Waals surface area contributed by atoms with Gasteiger partial charge in [0.15, 0.2) is 35.7 Å². The van der Waals surface area contributed by atoms with Crippen LogP contribution in [-0.4, -0.2) is 138 Å². The molecule has 1 aromatic heterocycles. The summed E-state index contributed by atoms with van der Waals surface area (Å²) in [6, 6.07) is 16.1. The van der Waals surface area contributed by atoms with Crippen molar-refractivity contribution >= 4 is 41.0 Å². The number of aryl methyl sites for hydroxylation is 2. The third-order valence-corrected chi connectivity index (χ3v) is 12.5. The zero-order valence-electron chi connectivity index (χ0n) is 39.6. The maximum absolute atomic E-state index is 13.2. The molecular formula is C49H74ClN7O9. The van der Waals surface area contributed by atoms with E-state index in [9.17, 15) is 14.4 Å². The van der Waals surface area contributed by atoms with Gasteiger partial charge in [0.05, 0.1) is 26.4 Å². The Bertz CT molecular complexity index is 1860. The van der Waals surface area contributed by atoms with Gasteiger partial charge in [-0.2, -0.15) is 0 Å². The summed E-state index contributed by atoms with van der Waals surface area (Å²) in [6.45, 7) is 3.65. The fraction of sp³-hybridized carbons (Fsp3) is 0.612. The van der Waals surface area contributed by atoms with E-state index in [0.717, 1.165) is 83.5 Å². The number of nitrogens with two attached hydrogens (primary N) is 2. The van der Waals surface area contributed by atoms with Crippen molar-refractivity contribution in [2.75, 3.05) is 106 Å². The molecule has 1 aliphatic rings. The van der Waals surface area contributed by atoms with Gasteiger partial charge in [-0.05, 0) is 98.6 Å². The SMILES string of the molecule is COCCN(CCOC)C(=O)COc1ccc(CCCCCC(CCCc2ccc(OCC(=O)N(CCOC)CCOC)cc2)C2CCC[C@H](NC(=O)c3nc(Cl)c(N)nc3N)CC2)cc1. The Morgan fingerprint density at radius 3 is 1.67 bits per heavy atom. The summed E-state index contributed by atoms with van der Waals surface area (Å²) in [5.74, 6) is 1.80. The third kappa shape index (κ3) is 19.2. The summed E-state index contributed by atoms with van der Waals surface area (Å²) in [7, 11) is 6.46. The zero-order chi connectivity index (χ0) is 47.5. The van der Waals surface area contributed by atoms with Gasteiger partial charge in [-0.1, -0.05) is 68.0 Å². The van der Waals surface area contributed by atoms with Crippen LogP contribution in [0.4, 0.5) is 11.6 Å². The van der Waals surface area contributed by atoms with E-state index in [1.54, 1.807) is 38.2 Å². The summed E-state index contributed by atoms with van der Waals surface area (Å²) in [5.41, 5.74) is 14.2. The van der Waals surface area contributed by atoms with Gasteiger partial charge in [0.2, 0.25) is 0 Å². The third-order valence-electron chi connectivity index (χ3n) is 12.3. The summed E-state index contributed by atoms with van der Waals surface area (Å²) in [6.07, 6.45) is 13.5. The molecule has 0 aliphatic heterocycles. The van der Waals surface area contributed by atoms with Gasteiger partial charge in [0.25, 0.3) is 17.7 Å². The number of anilines is 2. The molecule has 3 aromatic rings. The maximum Gasteiger partial charge on any atom is 0.274 e. The van der Waals surface area contributed by atoms with Crippen LogP contribution in [0.1, 0.15) is 92.2 Å². The molecule has 0 spiro atoms.